The second-order valence-corrected chi connectivity index (χ2v) is 6.62. The van der Waals surface area contributed by atoms with Crippen molar-refractivity contribution >= 4 is 17.5 Å². The molecule has 28 heavy (non-hydrogen) atoms. The van der Waals surface area contributed by atoms with Gasteiger partial charge < -0.3 is 14.4 Å². The van der Waals surface area contributed by atoms with Gasteiger partial charge in [0.2, 0.25) is 0 Å². The van der Waals surface area contributed by atoms with Crippen LogP contribution in [-0.4, -0.2) is 41.4 Å². The summed E-state index contributed by atoms with van der Waals surface area (Å²) in [4.78, 5) is 14.5. The molecule has 0 saturated heterocycles. The molecule has 3 aromatic rings. The van der Waals surface area contributed by atoms with E-state index in [1.54, 1.807) is 35.0 Å². The number of aromatic nitrogens is 2. The van der Waals surface area contributed by atoms with Crippen LogP contribution in [0.15, 0.2) is 54.9 Å². The number of halogens is 1. The van der Waals surface area contributed by atoms with E-state index in [1.807, 2.05) is 43.5 Å². The molecule has 0 fully saturated rings. The van der Waals surface area contributed by atoms with Crippen molar-refractivity contribution in [2.75, 3.05) is 20.8 Å². The lowest BCUT2D eigenvalue weighted by Gasteiger charge is -2.18. The summed E-state index contributed by atoms with van der Waals surface area (Å²) < 4.78 is 12.6. The van der Waals surface area contributed by atoms with Crippen LogP contribution in [0, 0.1) is 0 Å². The molecule has 0 N–H and O–H groups in total. The Bertz CT molecular complexity index is 957. The molecule has 0 spiro atoms. The molecule has 0 aliphatic heterocycles. The van der Waals surface area contributed by atoms with Gasteiger partial charge in [0.25, 0.3) is 5.91 Å². The van der Waals surface area contributed by atoms with Crippen molar-refractivity contribution in [1.29, 1.82) is 0 Å². The standard InChI is InChI=1S/C21H22ClN3O3/c1-4-28-20-18(22)10-16(11-19(20)27-3)21(26)24(2)13-15-12-23-25(14-15)17-8-6-5-7-9-17/h5-12,14H,4,13H2,1-3H3. The summed E-state index contributed by atoms with van der Waals surface area (Å²) in [6, 6.07) is 13.0. The Kier molecular flexibility index (Phi) is 6.21. The molecule has 0 aliphatic carbocycles. The van der Waals surface area contributed by atoms with E-state index in [9.17, 15) is 4.79 Å². The summed E-state index contributed by atoms with van der Waals surface area (Å²) in [5, 5.41) is 4.71. The van der Waals surface area contributed by atoms with Crippen molar-refractivity contribution in [3.05, 3.63) is 71.0 Å². The topological polar surface area (TPSA) is 56.6 Å². The number of carbonyl (C=O) groups is 1. The van der Waals surface area contributed by atoms with Crippen molar-refractivity contribution in [2.24, 2.45) is 0 Å². The van der Waals surface area contributed by atoms with E-state index >= 15 is 0 Å². The van der Waals surface area contributed by atoms with E-state index in [0.717, 1.165) is 11.3 Å². The number of methoxy groups -OCH3 is 1. The Labute approximate surface area is 169 Å². The smallest absolute Gasteiger partial charge is 0.254 e. The Morgan fingerprint density at radius 1 is 1.25 bits per heavy atom. The first-order valence-electron chi connectivity index (χ1n) is 8.88. The van der Waals surface area contributed by atoms with E-state index in [-0.39, 0.29) is 5.91 Å². The van der Waals surface area contributed by atoms with Crippen LogP contribution >= 0.6 is 11.6 Å². The minimum absolute atomic E-state index is 0.171. The second kappa shape index (κ2) is 8.80. The molecule has 0 aliphatic rings. The van der Waals surface area contributed by atoms with Gasteiger partial charge in [-0.25, -0.2) is 4.68 Å². The van der Waals surface area contributed by atoms with Gasteiger partial charge in [-0.3, -0.25) is 4.79 Å². The van der Waals surface area contributed by atoms with Crippen molar-refractivity contribution in [3.8, 4) is 17.2 Å². The van der Waals surface area contributed by atoms with Crippen LogP contribution in [-0.2, 0) is 6.54 Å². The Morgan fingerprint density at radius 2 is 2.00 bits per heavy atom. The zero-order chi connectivity index (χ0) is 20.1. The highest BCUT2D eigenvalue weighted by Gasteiger charge is 2.19. The lowest BCUT2D eigenvalue weighted by atomic mass is 10.1. The number of para-hydroxylation sites is 1. The van der Waals surface area contributed by atoms with Gasteiger partial charge in [0.1, 0.15) is 0 Å². The first kappa shape index (κ1) is 19.8. The van der Waals surface area contributed by atoms with Gasteiger partial charge in [0.05, 0.1) is 30.6 Å². The highest BCUT2D eigenvalue weighted by molar-refractivity contribution is 6.32. The molecule has 0 bridgehead atoms. The third kappa shape index (κ3) is 4.28. The largest absolute Gasteiger partial charge is 0.493 e. The van der Waals surface area contributed by atoms with Gasteiger partial charge in [-0.15, -0.1) is 0 Å². The number of nitrogens with zero attached hydrogens (tertiary/aromatic N) is 3. The van der Waals surface area contributed by atoms with Gasteiger partial charge in [-0.1, -0.05) is 29.8 Å². The minimum Gasteiger partial charge on any atom is -0.493 e. The van der Waals surface area contributed by atoms with E-state index in [0.29, 0.717) is 35.2 Å². The lowest BCUT2D eigenvalue weighted by Crippen LogP contribution is -2.26. The highest BCUT2D eigenvalue weighted by atomic mass is 35.5. The van der Waals surface area contributed by atoms with Gasteiger partial charge in [-0.05, 0) is 31.2 Å². The fraction of sp³-hybridized carbons (Fsp3) is 0.238. The molecule has 7 heteroatoms. The van der Waals surface area contributed by atoms with Gasteiger partial charge >= 0.3 is 0 Å². The summed E-state index contributed by atoms with van der Waals surface area (Å²) >= 11 is 6.28. The lowest BCUT2D eigenvalue weighted by molar-refractivity contribution is 0.0784. The summed E-state index contributed by atoms with van der Waals surface area (Å²) in [5.41, 5.74) is 2.32. The SMILES string of the molecule is CCOc1c(Cl)cc(C(=O)N(C)Cc2cnn(-c3ccccc3)c2)cc1OC. The molecule has 6 nitrogen and oxygen atoms in total. The van der Waals surface area contributed by atoms with Gasteiger partial charge in [0.15, 0.2) is 11.5 Å². The third-order valence-electron chi connectivity index (χ3n) is 4.19. The van der Waals surface area contributed by atoms with Crippen molar-refractivity contribution in [1.82, 2.24) is 14.7 Å². The van der Waals surface area contributed by atoms with Crippen LogP contribution in [0.1, 0.15) is 22.8 Å². The maximum absolute atomic E-state index is 12.9. The number of benzene rings is 2. The summed E-state index contributed by atoms with van der Waals surface area (Å²) in [5.74, 6) is 0.703. The molecule has 0 unspecified atom stereocenters. The predicted molar refractivity (Wildman–Crippen MR) is 109 cm³/mol. The fourth-order valence-corrected chi connectivity index (χ4v) is 3.12. The average molecular weight is 400 g/mol. The Morgan fingerprint density at radius 3 is 2.68 bits per heavy atom. The quantitative estimate of drug-likeness (QED) is 0.597. The van der Waals surface area contributed by atoms with E-state index in [4.69, 9.17) is 21.1 Å². The highest BCUT2D eigenvalue weighted by Crippen LogP contribution is 2.36. The molecule has 0 saturated carbocycles. The first-order chi connectivity index (χ1) is 13.5. The minimum atomic E-state index is -0.171. The summed E-state index contributed by atoms with van der Waals surface area (Å²) in [6.45, 7) is 2.73. The number of carbonyl (C=O) groups excluding carboxylic acids is 1. The Hall–Kier alpha value is -2.99. The number of hydrogen-bond donors (Lipinski definition) is 0. The summed E-state index contributed by atoms with van der Waals surface area (Å²) in [6.07, 6.45) is 3.66. The monoisotopic (exact) mass is 399 g/mol. The zero-order valence-corrected chi connectivity index (χ0v) is 16.8. The van der Waals surface area contributed by atoms with E-state index in [1.165, 1.54) is 7.11 Å². The first-order valence-corrected chi connectivity index (χ1v) is 9.26. The number of ether oxygens (including phenoxy) is 2. The van der Waals surface area contributed by atoms with Crippen LogP contribution in [0.4, 0.5) is 0 Å². The molecule has 146 valence electrons. The van der Waals surface area contributed by atoms with Crippen LogP contribution in [0.3, 0.4) is 0 Å². The van der Waals surface area contributed by atoms with Crippen LogP contribution < -0.4 is 9.47 Å². The molecule has 1 heterocycles. The molecule has 2 aromatic carbocycles. The molecular weight excluding hydrogens is 378 g/mol. The van der Waals surface area contributed by atoms with Gasteiger partial charge in [0, 0.05) is 30.9 Å². The fourth-order valence-electron chi connectivity index (χ4n) is 2.86. The molecule has 1 amide bonds. The van der Waals surface area contributed by atoms with Crippen molar-refractivity contribution in [2.45, 2.75) is 13.5 Å². The van der Waals surface area contributed by atoms with Crippen LogP contribution in [0.25, 0.3) is 5.69 Å². The normalized spacial score (nSPS) is 10.6. The predicted octanol–water partition coefficient (Wildman–Crippen LogP) is 4.21. The number of hydrogen-bond acceptors (Lipinski definition) is 4. The molecule has 3 rings (SSSR count). The number of rotatable bonds is 7. The second-order valence-electron chi connectivity index (χ2n) is 6.21. The summed E-state index contributed by atoms with van der Waals surface area (Å²) in [7, 11) is 3.25. The zero-order valence-electron chi connectivity index (χ0n) is 16.1. The van der Waals surface area contributed by atoms with Crippen molar-refractivity contribution < 1.29 is 14.3 Å². The molecule has 0 atom stereocenters. The van der Waals surface area contributed by atoms with Crippen LogP contribution in [0.5, 0.6) is 11.5 Å². The third-order valence-corrected chi connectivity index (χ3v) is 4.47. The average Bonchev–Trinajstić information content (AvgIpc) is 3.18. The van der Waals surface area contributed by atoms with Crippen LogP contribution in [0.2, 0.25) is 5.02 Å². The molecular formula is C21H22ClN3O3. The Balaban J connectivity index is 1.76. The molecule has 0 radical (unpaired) electrons. The van der Waals surface area contributed by atoms with E-state index in [2.05, 4.69) is 5.10 Å². The maximum atomic E-state index is 12.9. The van der Waals surface area contributed by atoms with E-state index < -0.39 is 0 Å². The maximum Gasteiger partial charge on any atom is 0.254 e. The van der Waals surface area contributed by atoms with Crippen molar-refractivity contribution in [3.63, 3.8) is 0 Å². The molecule has 1 aromatic heterocycles. The number of amides is 1. The van der Waals surface area contributed by atoms with Gasteiger partial charge in [-0.2, -0.15) is 5.10 Å².